The van der Waals surface area contributed by atoms with Gasteiger partial charge >= 0.3 is 0 Å². The molecule has 0 aromatic heterocycles. The van der Waals surface area contributed by atoms with Crippen molar-refractivity contribution in [2.45, 2.75) is 96.8 Å². The van der Waals surface area contributed by atoms with Crippen molar-refractivity contribution in [2.75, 3.05) is 0 Å². The van der Waals surface area contributed by atoms with Gasteiger partial charge in [0.05, 0.1) is 0 Å². The molecule has 2 heteroatoms. The summed E-state index contributed by atoms with van der Waals surface area (Å²) in [6.07, 6.45) is 22.2. The van der Waals surface area contributed by atoms with Gasteiger partial charge in [-0.15, -0.1) is 12.6 Å². The third-order valence-corrected chi connectivity index (χ3v) is 3.88. The van der Waals surface area contributed by atoms with Crippen LogP contribution in [0.1, 0.15) is 96.8 Å². The minimum Gasteiger partial charge on any atom is -0.288 e. The molecule has 0 amide bonds. The van der Waals surface area contributed by atoms with Gasteiger partial charge in [-0.05, 0) is 32.1 Å². The van der Waals surface area contributed by atoms with Gasteiger partial charge in [0, 0.05) is 6.42 Å². The Kier molecular flexibility index (Phi) is 16.6. The average molecular weight is 299 g/mol. The summed E-state index contributed by atoms with van der Waals surface area (Å²) in [5.74, 6) is 0. The highest BCUT2D eigenvalue weighted by atomic mass is 32.1. The Morgan fingerprint density at radius 2 is 1.20 bits per heavy atom. The van der Waals surface area contributed by atoms with Gasteiger partial charge in [-0.1, -0.05) is 70.4 Å². The fourth-order valence-electron chi connectivity index (χ4n) is 2.35. The largest absolute Gasteiger partial charge is 0.288 e. The minimum absolute atomic E-state index is 0.0302. The first-order valence-electron chi connectivity index (χ1n) is 8.64. The second-order valence-electron chi connectivity index (χ2n) is 5.73. The second-order valence-corrected chi connectivity index (χ2v) is 6.23. The van der Waals surface area contributed by atoms with Gasteiger partial charge in [0.25, 0.3) is 0 Å². The van der Waals surface area contributed by atoms with E-state index in [2.05, 4.69) is 31.7 Å². The first-order valence-corrected chi connectivity index (χ1v) is 9.09. The van der Waals surface area contributed by atoms with Crippen LogP contribution in [-0.4, -0.2) is 5.12 Å². The first-order chi connectivity index (χ1) is 9.77. The van der Waals surface area contributed by atoms with E-state index >= 15 is 0 Å². The van der Waals surface area contributed by atoms with Gasteiger partial charge in [-0.2, -0.15) is 0 Å². The minimum atomic E-state index is 0.0302. The van der Waals surface area contributed by atoms with Crippen molar-refractivity contribution >= 4 is 17.7 Å². The second kappa shape index (κ2) is 16.8. The standard InChI is InChI=1S/C18H34OS/c1-2-3-4-5-6-7-8-9-10-11-12-13-14-15-16-17-18(19)20/h9-10H,2-8,11-17H2,1H3,(H,19,20)/b10-9-. The molecule has 0 N–H and O–H groups in total. The lowest BCUT2D eigenvalue weighted by molar-refractivity contribution is -0.110. The summed E-state index contributed by atoms with van der Waals surface area (Å²) in [6.45, 7) is 2.27. The molecule has 0 fully saturated rings. The van der Waals surface area contributed by atoms with Crippen LogP contribution in [0.4, 0.5) is 0 Å². The topological polar surface area (TPSA) is 17.1 Å². The van der Waals surface area contributed by atoms with Gasteiger partial charge in [0.2, 0.25) is 0 Å². The van der Waals surface area contributed by atoms with E-state index in [-0.39, 0.29) is 5.12 Å². The molecule has 0 saturated heterocycles. The normalized spacial score (nSPS) is 11.3. The highest BCUT2D eigenvalue weighted by molar-refractivity contribution is 7.96. The van der Waals surface area contributed by atoms with Crippen LogP contribution >= 0.6 is 12.6 Å². The lowest BCUT2D eigenvalue weighted by Crippen LogP contribution is -1.86. The molecule has 0 bridgehead atoms. The van der Waals surface area contributed by atoms with E-state index in [4.69, 9.17) is 0 Å². The van der Waals surface area contributed by atoms with Gasteiger partial charge in [-0.3, -0.25) is 4.79 Å². The number of thiol groups is 1. The summed E-state index contributed by atoms with van der Waals surface area (Å²) in [5, 5.41) is 0.0302. The summed E-state index contributed by atoms with van der Waals surface area (Å²) < 4.78 is 0. The third kappa shape index (κ3) is 17.8. The van der Waals surface area contributed by atoms with Crippen LogP contribution in [0.2, 0.25) is 0 Å². The van der Waals surface area contributed by atoms with Gasteiger partial charge in [-0.25, -0.2) is 0 Å². The van der Waals surface area contributed by atoms with Gasteiger partial charge in [0.15, 0.2) is 5.12 Å². The van der Waals surface area contributed by atoms with Gasteiger partial charge in [0.1, 0.15) is 0 Å². The van der Waals surface area contributed by atoms with E-state index in [0.717, 1.165) is 6.42 Å². The third-order valence-electron chi connectivity index (χ3n) is 3.65. The molecular formula is C18H34OS. The molecule has 0 heterocycles. The van der Waals surface area contributed by atoms with Crippen molar-refractivity contribution < 1.29 is 4.79 Å². The molecule has 0 aliphatic heterocycles. The van der Waals surface area contributed by atoms with Crippen LogP contribution in [0.25, 0.3) is 0 Å². The first kappa shape index (κ1) is 19.8. The highest BCUT2D eigenvalue weighted by Crippen LogP contribution is 2.10. The lowest BCUT2D eigenvalue weighted by atomic mass is 10.1. The Balaban J connectivity index is 3.07. The molecule has 0 atom stereocenters. The van der Waals surface area contributed by atoms with Crippen LogP contribution in [0.15, 0.2) is 12.2 Å². The van der Waals surface area contributed by atoms with Crippen molar-refractivity contribution in [1.29, 1.82) is 0 Å². The number of rotatable bonds is 15. The monoisotopic (exact) mass is 298 g/mol. The highest BCUT2D eigenvalue weighted by Gasteiger charge is 1.94. The Hall–Kier alpha value is -0.240. The predicted molar refractivity (Wildman–Crippen MR) is 93.4 cm³/mol. The molecule has 118 valence electrons. The number of hydrogen-bond donors (Lipinski definition) is 1. The Morgan fingerprint density at radius 1 is 0.750 bits per heavy atom. The molecule has 0 aliphatic carbocycles. The maximum atomic E-state index is 10.6. The Morgan fingerprint density at radius 3 is 1.70 bits per heavy atom. The van der Waals surface area contributed by atoms with Crippen LogP contribution in [0.3, 0.4) is 0 Å². The van der Waals surface area contributed by atoms with E-state index in [1.54, 1.807) is 0 Å². The summed E-state index contributed by atoms with van der Waals surface area (Å²) in [6, 6.07) is 0. The van der Waals surface area contributed by atoms with E-state index in [1.807, 2.05) is 0 Å². The smallest absolute Gasteiger partial charge is 0.185 e. The van der Waals surface area contributed by atoms with E-state index < -0.39 is 0 Å². The van der Waals surface area contributed by atoms with Crippen LogP contribution < -0.4 is 0 Å². The molecule has 0 radical (unpaired) electrons. The molecular weight excluding hydrogens is 264 g/mol. The molecule has 20 heavy (non-hydrogen) atoms. The van der Waals surface area contributed by atoms with E-state index in [0.29, 0.717) is 6.42 Å². The predicted octanol–water partition coefficient (Wildman–Crippen LogP) is 6.48. The fraction of sp³-hybridized carbons (Fsp3) is 0.833. The fourth-order valence-corrected chi connectivity index (χ4v) is 2.51. The molecule has 0 saturated carbocycles. The number of allylic oxidation sites excluding steroid dienone is 2. The number of carbonyl (C=O) groups is 1. The molecule has 0 aromatic carbocycles. The van der Waals surface area contributed by atoms with Crippen molar-refractivity contribution in [3.63, 3.8) is 0 Å². The van der Waals surface area contributed by atoms with Crippen LogP contribution in [0, 0.1) is 0 Å². The molecule has 0 spiro atoms. The Bertz CT molecular complexity index is 236. The molecule has 1 nitrogen and oxygen atoms in total. The zero-order valence-corrected chi connectivity index (χ0v) is 14.3. The van der Waals surface area contributed by atoms with Crippen molar-refractivity contribution in [1.82, 2.24) is 0 Å². The molecule has 0 aromatic rings. The number of hydrogen-bond acceptors (Lipinski definition) is 1. The summed E-state index contributed by atoms with van der Waals surface area (Å²) in [4.78, 5) is 10.6. The van der Waals surface area contributed by atoms with E-state index in [9.17, 15) is 4.79 Å². The molecule has 0 unspecified atom stereocenters. The summed E-state index contributed by atoms with van der Waals surface area (Å²) in [7, 11) is 0. The van der Waals surface area contributed by atoms with Crippen LogP contribution in [-0.2, 0) is 4.79 Å². The number of carbonyl (C=O) groups excluding carboxylic acids is 1. The SMILES string of the molecule is CCCCCCCC/C=C\CCCCCCCC(=O)S. The average Bonchev–Trinajstić information content (AvgIpc) is 2.43. The molecule has 0 aliphatic rings. The lowest BCUT2D eigenvalue weighted by Gasteiger charge is -1.99. The van der Waals surface area contributed by atoms with E-state index in [1.165, 1.54) is 77.0 Å². The maximum absolute atomic E-state index is 10.6. The van der Waals surface area contributed by atoms with Crippen LogP contribution in [0.5, 0.6) is 0 Å². The molecule has 0 rings (SSSR count). The summed E-state index contributed by atoms with van der Waals surface area (Å²) >= 11 is 3.77. The van der Waals surface area contributed by atoms with Crippen molar-refractivity contribution in [2.24, 2.45) is 0 Å². The van der Waals surface area contributed by atoms with Crippen molar-refractivity contribution in [3.05, 3.63) is 12.2 Å². The quantitative estimate of drug-likeness (QED) is 0.208. The maximum Gasteiger partial charge on any atom is 0.185 e. The summed E-state index contributed by atoms with van der Waals surface area (Å²) in [5.41, 5.74) is 0. The Labute approximate surface area is 132 Å². The van der Waals surface area contributed by atoms with Crippen molar-refractivity contribution in [3.8, 4) is 0 Å². The zero-order valence-electron chi connectivity index (χ0n) is 13.4. The number of unbranched alkanes of at least 4 members (excludes halogenated alkanes) is 11. The van der Waals surface area contributed by atoms with Gasteiger partial charge < -0.3 is 0 Å². The zero-order chi connectivity index (χ0) is 14.9.